The molecule has 0 heterocycles. The number of rotatable bonds is 7. The van der Waals surface area contributed by atoms with Crippen molar-refractivity contribution in [3.63, 3.8) is 0 Å². The van der Waals surface area contributed by atoms with E-state index in [1.54, 1.807) is 19.2 Å². The highest BCUT2D eigenvalue weighted by Crippen LogP contribution is 2.30. The molecule has 1 aliphatic carbocycles. The van der Waals surface area contributed by atoms with Crippen molar-refractivity contribution in [2.75, 3.05) is 25.6 Å². The van der Waals surface area contributed by atoms with E-state index in [1.807, 2.05) is 12.1 Å². The Bertz CT molecular complexity index is 557. The number of hydrogen-bond acceptors (Lipinski definition) is 3. The zero-order valence-corrected chi connectivity index (χ0v) is 14.8. The molecule has 0 radical (unpaired) electrons. The van der Waals surface area contributed by atoms with E-state index in [4.69, 9.17) is 16.3 Å². The first-order chi connectivity index (χ1) is 11.6. The van der Waals surface area contributed by atoms with Crippen LogP contribution in [-0.4, -0.2) is 32.1 Å². The van der Waals surface area contributed by atoms with Crippen molar-refractivity contribution in [3.05, 3.63) is 29.3 Å². The molecule has 1 saturated carbocycles. The maximum Gasteiger partial charge on any atom is 0.227 e. The van der Waals surface area contributed by atoms with E-state index < -0.39 is 0 Å². The van der Waals surface area contributed by atoms with E-state index in [0.29, 0.717) is 23.9 Å². The van der Waals surface area contributed by atoms with Crippen LogP contribution in [0, 0.1) is 11.8 Å². The lowest BCUT2D eigenvalue weighted by atomic mass is 9.81. The molecule has 24 heavy (non-hydrogen) atoms. The summed E-state index contributed by atoms with van der Waals surface area (Å²) in [5.41, 5.74) is 0.713. The van der Waals surface area contributed by atoms with Gasteiger partial charge in [0.1, 0.15) is 0 Å². The highest BCUT2D eigenvalue weighted by Gasteiger charge is 2.29. The van der Waals surface area contributed by atoms with Crippen molar-refractivity contribution in [3.8, 4) is 0 Å². The van der Waals surface area contributed by atoms with Gasteiger partial charge in [0.15, 0.2) is 0 Å². The lowest BCUT2D eigenvalue weighted by Crippen LogP contribution is -2.36. The maximum absolute atomic E-state index is 12.3. The average molecular weight is 353 g/mol. The summed E-state index contributed by atoms with van der Waals surface area (Å²) in [6.45, 7) is 1.29. The molecular formula is C18H25ClN2O3. The third-order valence-electron chi connectivity index (χ3n) is 4.39. The fourth-order valence-electron chi connectivity index (χ4n) is 3.00. The molecule has 0 spiro atoms. The van der Waals surface area contributed by atoms with Gasteiger partial charge in [0, 0.05) is 42.8 Å². The Morgan fingerprint density at radius 2 is 1.83 bits per heavy atom. The van der Waals surface area contributed by atoms with Gasteiger partial charge < -0.3 is 15.4 Å². The first-order valence-electron chi connectivity index (χ1n) is 8.43. The van der Waals surface area contributed by atoms with Gasteiger partial charge in [0.2, 0.25) is 11.8 Å². The van der Waals surface area contributed by atoms with Crippen LogP contribution in [0.3, 0.4) is 0 Å². The number of nitrogens with one attached hydrogen (secondary N) is 2. The molecule has 5 nitrogen and oxygen atoms in total. The quantitative estimate of drug-likeness (QED) is 0.740. The van der Waals surface area contributed by atoms with E-state index in [2.05, 4.69) is 10.6 Å². The van der Waals surface area contributed by atoms with Gasteiger partial charge >= 0.3 is 0 Å². The monoisotopic (exact) mass is 352 g/mol. The van der Waals surface area contributed by atoms with Crippen LogP contribution >= 0.6 is 11.6 Å². The summed E-state index contributed by atoms with van der Waals surface area (Å²) in [4.78, 5) is 24.4. The van der Waals surface area contributed by atoms with Crippen LogP contribution < -0.4 is 10.6 Å². The number of anilines is 1. The molecule has 2 rings (SSSR count). The van der Waals surface area contributed by atoms with E-state index in [9.17, 15) is 9.59 Å². The molecule has 1 fully saturated rings. The second-order valence-corrected chi connectivity index (χ2v) is 6.62. The molecule has 2 amide bonds. The minimum atomic E-state index is -0.0403. The highest BCUT2D eigenvalue weighted by atomic mass is 35.5. The Balaban J connectivity index is 1.73. The number of amides is 2. The Labute approximate surface area is 148 Å². The molecule has 0 aliphatic heterocycles. The Morgan fingerprint density at radius 1 is 1.17 bits per heavy atom. The summed E-state index contributed by atoms with van der Waals surface area (Å²) in [6, 6.07) is 7.14. The predicted molar refractivity (Wildman–Crippen MR) is 95.0 cm³/mol. The fraction of sp³-hybridized carbons (Fsp3) is 0.556. The number of carbonyl (C=O) groups excluding carboxylic acids is 2. The second-order valence-electron chi connectivity index (χ2n) is 6.19. The van der Waals surface area contributed by atoms with Gasteiger partial charge in [-0.05, 0) is 50.3 Å². The molecule has 0 bridgehead atoms. The molecule has 0 atom stereocenters. The summed E-state index contributed by atoms with van der Waals surface area (Å²) in [5.74, 6) is 0.0836. The molecule has 0 aromatic heterocycles. The first kappa shape index (κ1) is 18.7. The molecule has 2 N–H and O–H groups in total. The van der Waals surface area contributed by atoms with Crippen molar-refractivity contribution >= 4 is 29.1 Å². The van der Waals surface area contributed by atoms with Gasteiger partial charge in [0.05, 0.1) is 0 Å². The topological polar surface area (TPSA) is 67.4 Å². The van der Waals surface area contributed by atoms with Crippen LogP contribution in [0.2, 0.25) is 5.02 Å². The van der Waals surface area contributed by atoms with Crippen molar-refractivity contribution in [1.82, 2.24) is 5.32 Å². The van der Waals surface area contributed by atoms with Crippen molar-refractivity contribution in [2.24, 2.45) is 11.8 Å². The van der Waals surface area contributed by atoms with E-state index in [0.717, 1.165) is 32.1 Å². The van der Waals surface area contributed by atoms with Gasteiger partial charge in [-0.25, -0.2) is 0 Å². The van der Waals surface area contributed by atoms with Crippen LogP contribution in [0.15, 0.2) is 24.3 Å². The van der Waals surface area contributed by atoms with Gasteiger partial charge in [-0.3, -0.25) is 9.59 Å². The maximum atomic E-state index is 12.3. The molecule has 6 heteroatoms. The minimum absolute atomic E-state index is 0.0104. The zero-order valence-electron chi connectivity index (χ0n) is 14.0. The lowest BCUT2D eigenvalue weighted by Gasteiger charge is -2.27. The SMILES string of the molecule is COCCCNC(=O)C1CCC(C(=O)Nc2cccc(Cl)c2)CC1. The molecule has 1 aliphatic rings. The van der Waals surface area contributed by atoms with Crippen molar-refractivity contribution < 1.29 is 14.3 Å². The first-order valence-corrected chi connectivity index (χ1v) is 8.81. The van der Waals surface area contributed by atoms with E-state index in [1.165, 1.54) is 0 Å². The average Bonchev–Trinajstić information content (AvgIpc) is 2.58. The van der Waals surface area contributed by atoms with Gasteiger partial charge in [-0.1, -0.05) is 17.7 Å². The number of carbonyl (C=O) groups is 2. The normalized spacial score (nSPS) is 20.4. The standard InChI is InChI=1S/C18H25ClN2O3/c1-24-11-3-10-20-17(22)13-6-8-14(9-7-13)18(23)21-16-5-2-4-15(19)12-16/h2,4-5,12-14H,3,6-11H2,1H3,(H,20,22)(H,21,23). The van der Waals surface area contributed by atoms with Crippen LogP contribution in [0.4, 0.5) is 5.69 Å². The Hall–Kier alpha value is -1.59. The van der Waals surface area contributed by atoms with Crippen molar-refractivity contribution in [2.45, 2.75) is 32.1 Å². The third-order valence-corrected chi connectivity index (χ3v) is 4.62. The molecule has 0 unspecified atom stereocenters. The second kappa shape index (κ2) is 9.64. The Morgan fingerprint density at radius 3 is 2.46 bits per heavy atom. The summed E-state index contributed by atoms with van der Waals surface area (Å²) in [7, 11) is 1.65. The summed E-state index contributed by atoms with van der Waals surface area (Å²) in [6.07, 6.45) is 3.80. The number of methoxy groups -OCH3 is 1. The number of halogens is 1. The highest BCUT2D eigenvalue weighted by molar-refractivity contribution is 6.30. The number of benzene rings is 1. The van der Waals surface area contributed by atoms with Crippen LogP contribution in [0.25, 0.3) is 0 Å². The van der Waals surface area contributed by atoms with Gasteiger partial charge in [-0.15, -0.1) is 0 Å². The predicted octanol–water partition coefficient (Wildman–Crippen LogP) is 3.24. The van der Waals surface area contributed by atoms with Crippen LogP contribution in [0.5, 0.6) is 0 Å². The fourth-order valence-corrected chi connectivity index (χ4v) is 3.19. The lowest BCUT2D eigenvalue weighted by molar-refractivity contribution is -0.128. The Kier molecular flexibility index (Phi) is 7.53. The van der Waals surface area contributed by atoms with E-state index >= 15 is 0 Å². The molecular weight excluding hydrogens is 328 g/mol. The summed E-state index contributed by atoms with van der Waals surface area (Å²) < 4.78 is 4.96. The smallest absolute Gasteiger partial charge is 0.227 e. The minimum Gasteiger partial charge on any atom is -0.385 e. The number of hydrogen-bond donors (Lipinski definition) is 2. The summed E-state index contributed by atoms with van der Waals surface area (Å²) in [5, 5.41) is 6.45. The van der Waals surface area contributed by atoms with Gasteiger partial charge in [-0.2, -0.15) is 0 Å². The van der Waals surface area contributed by atoms with Crippen molar-refractivity contribution in [1.29, 1.82) is 0 Å². The number of ether oxygens (including phenoxy) is 1. The largest absolute Gasteiger partial charge is 0.385 e. The molecule has 0 saturated heterocycles. The van der Waals surface area contributed by atoms with Crippen LogP contribution in [-0.2, 0) is 14.3 Å². The molecule has 132 valence electrons. The third kappa shape index (κ3) is 5.80. The summed E-state index contributed by atoms with van der Waals surface area (Å²) >= 11 is 5.93. The van der Waals surface area contributed by atoms with E-state index in [-0.39, 0.29) is 23.7 Å². The van der Waals surface area contributed by atoms with Gasteiger partial charge in [0.25, 0.3) is 0 Å². The zero-order chi connectivity index (χ0) is 17.4. The molecule has 1 aromatic carbocycles. The van der Waals surface area contributed by atoms with Crippen LogP contribution in [0.1, 0.15) is 32.1 Å². The molecule has 1 aromatic rings.